The Hall–Kier alpha value is -2.73. The van der Waals surface area contributed by atoms with Gasteiger partial charge in [0.05, 0.1) is 21.8 Å². The number of nitrogens with zero attached hydrogens (tertiary/aromatic N) is 4. The zero-order chi connectivity index (χ0) is 18.4. The van der Waals surface area contributed by atoms with E-state index in [2.05, 4.69) is 21.9 Å². The third-order valence-electron chi connectivity index (χ3n) is 4.47. The van der Waals surface area contributed by atoms with E-state index in [-0.39, 0.29) is 0 Å². The summed E-state index contributed by atoms with van der Waals surface area (Å²) in [6.45, 7) is 4.65. The van der Waals surface area contributed by atoms with Crippen molar-refractivity contribution in [3.05, 3.63) is 58.6 Å². The van der Waals surface area contributed by atoms with Gasteiger partial charge in [-0.05, 0) is 24.3 Å². The molecule has 3 rings (SSSR count). The Morgan fingerprint density at radius 1 is 0.923 bits per heavy atom. The predicted octanol–water partition coefficient (Wildman–Crippen LogP) is 3.28. The molecule has 132 valence electrons. The molecule has 1 aliphatic rings. The standard InChI is InChI=1S/C20H19ClN4O/c21-18-6-1-2-7-19(18)26-13-12-24-8-10-25(11-9-24)20-16(14-22)4-3-5-17(20)15-23/h1-7H,8-13H2. The van der Waals surface area contributed by atoms with Crippen LogP contribution in [-0.2, 0) is 0 Å². The number of hydrogen-bond donors (Lipinski definition) is 0. The van der Waals surface area contributed by atoms with Gasteiger partial charge < -0.3 is 9.64 Å². The van der Waals surface area contributed by atoms with Crippen molar-refractivity contribution in [1.82, 2.24) is 4.90 Å². The molecular weight excluding hydrogens is 348 g/mol. The van der Waals surface area contributed by atoms with Crippen LogP contribution >= 0.6 is 11.6 Å². The number of anilines is 1. The molecule has 1 heterocycles. The number of piperazine rings is 1. The van der Waals surface area contributed by atoms with E-state index in [1.807, 2.05) is 24.3 Å². The number of rotatable bonds is 5. The zero-order valence-corrected chi connectivity index (χ0v) is 15.1. The Bertz CT molecular complexity index is 815. The van der Waals surface area contributed by atoms with E-state index in [9.17, 15) is 10.5 Å². The van der Waals surface area contributed by atoms with E-state index < -0.39 is 0 Å². The first-order valence-corrected chi connectivity index (χ1v) is 8.88. The summed E-state index contributed by atoms with van der Waals surface area (Å²) in [6, 6.07) is 17.1. The highest BCUT2D eigenvalue weighted by Gasteiger charge is 2.21. The van der Waals surface area contributed by atoms with E-state index in [0.29, 0.717) is 28.5 Å². The zero-order valence-electron chi connectivity index (χ0n) is 14.4. The minimum absolute atomic E-state index is 0.555. The lowest BCUT2D eigenvalue weighted by Gasteiger charge is -2.36. The van der Waals surface area contributed by atoms with Crippen LogP contribution in [0.1, 0.15) is 11.1 Å². The van der Waals surface area contributed by atoms with Crippen molar-refractivity contribution in [3.8, 4) is 17.9 Å². The van der Waals surface area contributed by atoms with E-state index in [0.717, 1.165) is 38.4 Å². The third-order valence-corrected chi connectivity index (χ3v) is 4.78. The van der Waals surface area contributed by atoms with Gasteiger partial charge in [-0.1, -0.05) is 29.8 Å². The lowest BCUT2D eigenvalue weighted by atomic mass is 10.1. The largest absolute Gasteiger partial charge is 0.491 e. The molecule has 5 nitrogen and oxygen atoms in total. The maximum Gasteiger partial charge on any atom is 0.137 e. The Balaban J connectivity index is 1.55. The lowest BCUT2D eigenvalue weighted by Crippen LogP contribution is -2.48. The fourth-order valence-corrected chi connectivity index (χ4v) is 3.30. The molecule has 0 bridgehead atoms. The number of para-hydroxylation sites is 2. The van der Waals surface area contributed by atoms with Crippen LogP contribution < -0.4 is 9.64 Å². The summed E-state index contributed by atoms with van der Waals surface area (Å²) < 4.78 is 5.75. The summed E-state index contributed by atoms with van der Waals surface area (Å²) in [4.78, 5) is 4.44. The van der Waals surface area contributed by atoms with Crippen molar-refractivity contribution >= 4 is 17.3 Å². The van der Waals surface area contributed by atoms with Gasteiger partial charge >= 0.3 is 0 Å². The normalized spacial score (nSPS) is 14.5. The second kappa shape index (κ2) is 8.58. The second-order valence-electron chi connectivity index (χ2n) is 6.03. The van der Waals surface area contributed by atoms with E-state index in [1.165, 1.54) is 0 Å². The van der Waals surface area contributed by atoms with Crippen LogP contribution in [0.5, 0.6) is 5.75 Å². The number of halogens is 1. The highest BCUT2D eigenvalue weighted by atomic mass is 35.5. The monoisotopic (exact) mass is 366 g/mol. The second-order valence-corrected chi connectivity index (χ2v) is 6.44. The van der Waals surface area contributed by atoms with Crippen molar-refractivity contribution in [1.29, 1.82) is 10.5 Å². The molecule has 0 atom stereocenters. The Morgan fingerprint density at radius 2 is 1.58 bits per heavy atom. The average molecular weight is 367 g/mol. The highest BCUT2D eigenvalue weighted by Crippen LogP contribution is 2.26. The summed E-state index contributed by atoms with van der Waals surface area (Å²) in [6.07, 6.45) is 0. The van der Waals surface area contributed by atoms with Crippen molar-refractivity contribution in [3.63, 3.8) is 0 Å². The molecule has 1 aliphatic heterocycles. The van der Waals surface area contributed by atoms with Gasteiger partial charge in [-0.2, -0.15) is 10.5 Å². The van der Waals surface area contributed by atoms with Gasteiger partial charge in [-0.3, -0.25) is 4.90 Å². The fourth-order valence-electron chi connectivity index (χ4n) is 3.11. The quantitative estimate of drug-likeness (QED) is 0.812. The van der Waals surface area contributed by atoms with Crippen molar-refractivity contribution in [2.75, 3.05) is 44.2 Å². The highest BCUT2D eigenvalue weighted by molar-refractivity contribution is 6.32. The molecule has 1 fully saturated rings. The van der Waals surface area contributed by atoms with Crippen molar-refractivity contribution in [2.24, 2.45) is 0 Å². The number of ether oxygens (including phenoxy) is 1. The molecule has 2 aromatic rings. The molecule has 0 amide bonds. The van der Waals surface area contributed by atoms with Gasteiger partial charge in [0.15, 0.2) is 0 Å². The van der Waals surface area contributed by atoms with Crippen LogP contribution in [0.25, 0.3) is 0 Å². The molecule has 0 saturated carbocycles. The minimum Gasteiger partial charge on any atom is -0.491 e. The predicted molar refractivity (Wildman–Crippen MR) is 101 cm³/mol. The van der Waals surface area contributed by atoms with E-state index in [4.69, 9.17) is 16.3 Å². The third kappa shape index (κ3) is 4.08. The Kier molecular flexibility index (Phi) is 5.96. The van der Waals surface area contributed by atoms with Crippen LogP contribution in [0, 0.1) is 22.7 Å². The first-order valence-electron chi connectivity index (χ1n) is 8.51. The molecule has 26 heavy (non-hydrogen) atoms. The number of hydrogen-bond acceptors (Lipinski definition) is 5. The molecule has 0 unspecified atom stereocenters. The summed E-state index contributed by atoms with van der Waals surface area (Å²) in [5.74, 6) is 0.703. The maximum atomic E-state index is 9.34. The fraction of sp³-hybridized carbons (Fsp3) is 0.300. The molecule has 0 radical (unpaired) electrons. The summed E-state index contributed by atoms with van der Waals surface area (Å²) in [5.41, 5.74) is 1.86. The molecular formula is C20H19ClN4O. The van der Waals surface area contributed by atoms with E-state index >= 15 is 0 Å². The van der Waals surface area contributed by atoms with Crippen LogP contribution in [0.3, 0.4) is 0 Å². The molecule has 0 aromatic heterocycles. The summed E-state index contributed by atoms with van der Waals surface area (Å²) in [5, 5.41) is 19.3. The smallest absolute Gasteiger partial charge is 0.137 e. The van der Waals surface area contributed by atoms with Gasteiger partial charge in [-0.15, -0.1) is 0 Å². The maximum absolute atomic E-state index is 9.34. The van der Waals surface area contributed by atoms with Crippen LogP contribution in [-0.4, -0.2) is 44.2 Å². The van der Waals surface area contributed by atoms with Crippen molar-refractivity contribution < 1.29 is 4.74 Å². The van der Waals surface area contributed by atoms with Gasteiger partial charge in [0.25, 0.3) is 0 Å². The Labute approximate surface area is 158 Å². The molecule has 2 aromatic carbocycles. The van der Waals surface area contributed by atoms with Crippen molar-refractivity contribution in [2.45, 2.75) is 0 Å². The van der Waals surface area contributed by atoms with Crippen LogP contribution in [0.15, 0.2) is 42.5 Å². The summed E-state index contributed by atoms with van der Waals surface area (Å²) >= 11 is 6.09. The first-order chi connectivity index (χ1) is 12.7. The molecule has 0 spiro atoms. The first kappa shape index (κ1) is 18.1. The minimum atomic E-state index is 0.555. The van der Waals surface area contributed by atoms with Gasteiger partial charge in [0.2, 0.25) is 0 Å². The van der Waals surface area contributed by atoms with Gasteiger partial charge in [-0.25, -0.2) is 0 Å². The Morgan fingerprint density at radius 3 is 2.19 bits per heavy atom. The summed E-state index contributed by atoms with van der Waals surface area (Å²) in [7, 11) is 0. The van der Waals surface area contributed by atoms with Crippen LogP contribution in [0.4, 0.5) is 5.69 Å². The van der Waals surface area contributed by atoms with E-state index in [1.54, 1.807) is 18.2 Å². The van der Waals surface area contributed by atoms with Crippen LogP contribution in [0.2, 0.25) is 5.02 Å². The number of nitriles is 2. The van der Waals surface area contributed by atoms with Gasteiger partial charge in [0.1, 0.15) is 24.5 Å². The lowest BCUT2D eigenvalue weighted by molar-refractivity contribution is 0.200. The molecule has 0 aliphatic carbocycles. The molecule has 0 N–H and O–H groups in total. The molecule has 6 heteroatoms. The number of benzene rings is 2. The average Bonchev–Trinajstić information content (AvgIpc) is 2.69. The topological polar surface area (TPSA) is 63.3 Å². The SMILES string of the molecule is N#Cc1cccc(C#N)c1N1CCN(CCOc2ccccc2Cl)CC1. The van der Waals surface area contributed by atoms with Gasteiger partial charge in [0, 0.05) is 32.7 Å². The molecule has 1 saturated heterocycles.